The molecule has 1 atom stereocenters. The van der Waals surface area contributed by atoms with E-state index < -0.39 is 0 Å². The molecule has 1 aromatic carbocycles. The largest absolute Gasteiger partial charge is 0.350 e. The molecule has 1 fully saturated rings. The number of halogens is 1. The van der Waals surface area contributed by atoms with Gasteiger partial charge in [-0.05, 0) is 56.1 Å². The molecule has 132 valence electrons. The van der Waals surface area contributed by atoms with Crippen LogP contribution in [0.25, 0.3) is 0 Å². The first-order valence-corrected chi connectivity index (χ1v) is 8.77. The maximum absolute atomic E-state index is 13.3. The van der Waals surface area contributed by atoms with E-state index >= 15 is 0 Å². The second kappa shape index (κ2) is 8.21. The van der Waals surface area contributed by atoms with Crippen molar-refractivity contribution < 1.29 is 9.18 Å². The Morgan fingerprint density at radius 3 is 2.96 bits per heavy atom. The normalized spacial score (nSPS) is 18.1. The lowest BCUT2D eigenvalue weighted by atomic mass is 9.96. The van der Waals surface area contributed by atoms with Crippen molar-refractivity contribution in [3.63, 3.8) is 0 Å². The fourth-order valence-electron chi connectivity index (χ4n) is 3.33. The molecule has 1 aliphatic rings. The lowest BCUT2D eigenvalue weighted by Crippen LogP contribution is -2.42. The number of nitrogens with one attached hydrogen (secondary N) is 1. The molecule has 25 heavy (non-hydrogen) atoms. The van der Waals surface area contributed by atoms with Crippen molar-refractivity contribution in [3.05, 3.63) is 65.2 Å². The van der Waals surface area contributed by atoms with Crippen molar-refractivity contribution in [3.8, 4) is 0 Å². The van der Waals surface area contributed by atoms with E-state index in [9.17, 15) is 9.18 Å². The predicted octanol–water partition coefficient (Wildman–Crippen LogP) is 3.06. The van der Waals surface area contributed by atoms with Gasteiger partial charge in [0.05, 0.1) is 18.2 Å². The molecule has 0 radical (unpaired) electrons. The zero-order valence-corrected chi connectivity index (χ0v) is 14.5. The van der Waals surface area contributed by atoms with Crippen molar-refractivity contribution >= 4 is 5.91 Å². The summed E-state index contributed by atoms with van der Waals surface area (Å²) >= 11 is 0. The van der Waals surface area contributed by atoms with Gasteiger partial charge in [0.15, 0.2) is 0 Å². The van der Waals surface area contributed by atoms with Crippen LogP contribution in [0.5, 0.6) is 0 Å². The highest BCUT2D eigenvalue weighted by molar-refractivity contribution is 5.78. The number of pyridine rings is 1. The van der Waals surface area contributed by atoms with Gasteiger partial charge in [0.2, 0.25) is 5.91 Å². The van der Waals surface area contributed by atoms with Crippen LogP contribution in [-0.4, -0.2) is 28.9 Å². The number of aromatic nitrogens is 1. The summed E-state index contributed by atoms with van der Waals surface area (Å²) in [6, 6.07) is 12.5. The minimum atomic E-state index is -0.213. The van der Waals surface area contributed by atoms with Gasteiger partial charge in [-0.15, -0.1) is 0 Å². The van der Waals surface area contributed by atoms with Gasteiger partial charge in [-0.1, -0.05) is 18.2 Å². The van der Waals surface area contributed by atoms with E-state index in [2.05, 4.69) is 15.2 Å². The van der Waals surface area contributed by atoms with Crippen LogP contribution in [0.2, 0.25) is 0 Å². The van der Waals surface area contributed by atoms with Crippen molar-refractivity contribution in [1.29, 1.82) is 0 Å². The van der Waals surface area contributed by atoms with E-state index in [1.54, 1.807) is 12.1 Å². The number of aryl methyl sites for hydroxylation is 1. The van der Waals surface area contributed by atoms with E-state index in [1.807, 2.05) is 31.2 Å². The molecule has 1 aromatic heterocycles. The molecule has 1 unspecified atom stereocenters. The summed E-state index contributed by atoms with van der Waals surface area (Å²) in [5.41, 5.74) is 2.77. The molecule has 1 saturated heterocycles. The second-order valence-electron chi connectivity index (χ2n) is 6.69. The zero-order chi connectivity index (χ0) is 17.6. The molecule has 1 aliphatic heterocycles. The molecule has 5 heteroatoms. The number of nitrogens with zero attached hydrogens (tertiary/aromatic N) is 2. The monoisotopic (exact) mass is 341 g/mol. The van der Waals surface area contributed by atoms with Crippen molar-refractivity contribution in [2.24, 2.45) is 5.92 Å². The summed E-state index contributed by atoms with van der Waals surface area (Å²) in [5.74, 6) is -0.158. The van der Waals surface area contributed by atoms with Crippen LogP contribution in [0.15, 0.2) is 42.5 Å². The number of rotatable bonds is 5. The molecule has 0 saturated carbocycles. The predicted molar refractivity (Wildman–Crippen MR) is 95.2 cm³/mol. The Hall–Kier alpha value is -2.27. The number of likely N-dealkylation sites (tertiary alicyclic amines) is 1. The average Bonchev–Trinajstić information content (AvgIpc) is 2.60. The molecule has 2 aromatic rings. The van der Waals surface area contributed by atoms with Crippen molar-refractivity contribution in [2.45, 2.75) is 32.9 Å². The maximum atomic E-state index is 13.3. The van der Waals surface area contributed by atoms with Crippen LogP contribution in [0.3, 0.4) is 0 Å². The number of hydrogen-bond acceptors (Lipinski definition) is 3. The lowest BCUT2D eigenvalue weighted by molar-refractivity contribution is -0.127. The standard InChI is InChI=1S/C20H24FN3O/c1-15-5-2-9-19(23-15)12-22-20(25)17-7-4-10-24(14-17)13-16-6-3-8-18(21)11-16/h2-3,5-6,8-9,11,17H,4,7,10,12-14H2,1H3,(H,22,25). The fraction of sp³-hybridized carbons (Fsp3) is 0.400. The van der Waals surface area contributed by atoms with Gasteiger partial charge in [-0.3, -0.25) is 14.7 Å². The van der Waals surface area contributed by atoms with E-state index in [1.165, 1.54) is 6.07 Å². The third-order valence-corrected chi connectivity index (χ3v) is 4.56. The average molecular weight is 341 g/mol. The SMILES string of the molecule is Cc1cccc(CNC(=O)C2CCCN(Cc3cccc(F)c3)C2)n1. The first-order valence-electron chi connectivity index (χ1n) is 8.77. The molecular formula is C20H24FN3O. The fourth-order valence-corrected chi connectivity index (χ4v) is 3.33. The summed E-state index contributed by atoms with van der Waals surface area (Å²) in [6.45, 7) is 4.74. The summed E-state index contributed by atoms with van der Waals surface area (Å²) in [4.78, 5) is 19.1. The Balaban J connectivity index is 1.52. The Morgan fingerprint density at radius 2 is 2.16 bits per heavy atom. The van der Waals surface area contributed by atoms with Gasteiger partial charge < -0.3 is 5.32 Å². The minimum absolute atomic E-state index is 0.0212. The highest BCUT2D eigenvalue weighted by Crippen LogP contribution is 2.19. The van der Waals surface area contributed by atoms with Gasteiger partial charge in [0.1, 0.15) is 5.82 Å². The van der Waals surface area contributed by atoms with Gasteiger partial charge >= 0.3 is 0 Å². The Labute approximate surface area is 148 Å². The van der Waals surface area contributed by atoms with Crippen molar-refractivity contribution in [1.82, 2.24) is 15.2 Å². The molecule has 0 aliphatic carbocycles. The summed E-state index contributed by atoms with van der Waals surface area (Å²) in [6.07, 6.45) is 1.88. The highest BCUT2D eigenvalue weighted by atomic mass is 19.1. The van der Waals surface area contributed by atoms with Crippen LogP contribution >= 0.6 is 0 Å². The number of benzene rings is 1. The summed E-state index contributed by atoms with van der Waals surface area (Å²) in [7, 11) is 0. The number of piperidine rings is 1. The lowest BCUT2D eigenvalue weighted by Gasteiger charge is -2.32. The highest BCUT2D eigenvalue weighted by Gasteiger charge is 2.25. The van der Waals surface area contributed by atoms with Crippen LogP contribution in [0.4, 0.5) is 4.39 Å². The van der Waals surface area contributed by atoms with Crippen LogP contribution < -0.4 is 5.32 Å². The molecule has 0 bridgehead atoms. The molecule has 4 nitrogen and oxygen atoms in total. The van der Waals surface area contributed by atoms with Crippen LogP contribution in [0, 0.1) is 18.7 Å². The molecule has 3 rings (SSSR count). The Bertz CT molecular complexity index is 734. The topological polar surface area (TPSA) is 45.2 Å². The summed E-state index contributed by atoms with van der Waals surface area (Å²) < 4.78 is 13.3. The molecule has 1 N–H and O–H groups in total. The third kappa shape index (κ3) is 5.10. The molecule has 0 spiro atoms. The van der Waals surface area contributed by atoms with Crippen molar-refractivity contribution in [2.75, 3.05) is 13.1 Å². The van der Waals surface area contributed by atoms with Crippen LogP contribution in [-0.2, 0) is 17.9 Å². The first-order chi connectivity index (χ1) is 12.1. The molecular weight excluding hydrogens is 317 g/mol. The van der Waals surface area contributed by atoms with Gasteiger partial charge in [-0.2, -0.15) is 0 Å². The van der Waals surface area contributed by atoms with Crippen LogP contribution in [0.1, 0.15) is 29.8 Å². The third-order valence-electron chi connectivity index (χ3n) is 4.56. The molecule has 1 amide bonds. The first kappa shape index (κ1) is 17.5. The smallest absolute Gasteiger partial charge is 0.224 e. The van der Waals surface area contributed by atoms with Gasteiger partial charge in [0, 0.05) is 18.8 Å². The number of hydrogen-bond donors (Lipinski definition) is 1. The van der Waals surface area contributed by atoms with Gasteiger partial charge in [0.25, 0.3) is 0 Å². The Morgan fingerprint density at radius 1 is 1.32 bits per heavy atom. The van der Waals surface area contributed by atoms with E-state index in [0.717, 1.165) is 36.3 Å². The number of amides is 1. The second-order valence-corrected chi connectivity index (χ2v) is 6.69. The Kier molecular flexibility index (Phi) is 5.76. The zero-order valence-electron chi connectivity index (χ0n) is 14.5. The maximum Gasteiger partial charge on any atom is 0.224 e. The van der Waals surface area contributed by atoms with Gasteiger partial charge in [-0.25, -0.2) is 4.39 Å². The van der Waals surface area contributed by atoms with E-state index in [-0.39, 0.29) is 17.6 Å². The summed E-state index contributed by atoms with van der Waals surface area (Å²) in [5, 5.41) is 3.00. The minimum Gasteiger partial charge on any atom is -0.350 e. The molecule has 2 heterocycles. The van der Waals surface area contributed by atoms with E-state index in [4.69, 9.17) is 0 Å². The number of carbonyl (C=O) groups is 1. The number of carbonyl (C=O) groups excluding carboxylic acids is 1. The van der Waals surface area contributed by atoms with E-state index in [0.29, 0.717) is 19.6 Å². The quantitative estimate of drug-likeness (QED) is 0.909.